The minimum Gasteiger partial charge on any atom is -0.494 e. The minimum atomic E-state index is -0.829. The molecule has 0 saturated heterocycles. The number of carboxylic acid groups (broad SMARTS) is 1. The monoisotopic (exact) mass is 548 g/mol. The predicted molar refractivity (Wildman–Crippen MR) is 153 cm³/mol. The molecule has 40 heavy (non-hydrogen) atoms. The van der Waals surface area contributed by atoms with E-state index < -0.39 is 5.97 Å². The SMILES string of the molecule is CCCCOc1nc(N)c2[nH]c(=O)n(Cc3ccc(OCCCN(C)Cc4cccc(CC(=O)O)c4)cc3)c2n1. The Kier molecular flexibility index (Phi) is 9.74. The molecule has 0 aliphatic rings. The van der Waals surface area contributed by atoms with Crippen molar-refractivity contribution in [3.05, 3.63) is 75.7 Å². The van der Waals surface area contributed by atoms with Crippen LogP contribution in [-0.2, 0) is 24.3 Å². The number of ether oxygens (including phenoxy) is 2. The largest absolute Gasteiger partial charge is 0.494 e. The molecule has 11 nitrogen and oxygen atoms in total. The third-order valence-corrected chi connectivity index (χ3v) is 6.38. The standard InChI is InChI=1S/C29H36N6O5/c1-3-4-14-40-28-32-26(30)25-27(33-28)35(29(38)31-25)19-20-9-11-23(12-10-20)39-15-6-13-34(2)18-22-8-5-7-21(16-22)17-24(36)37/h5,7-12,16H,3-4,6,13-15,17-19H2,1-2H3,(H,31,38)(H,36,37)(H2,30,32,33). The van der Waals surface area contributed by atoms with Crippen molar-refractivity contribution in [2.45, 2.75) is 45.7 Å². The highest BCUT2D eigenvalue weighted by Gasteiger charge is 2.15. The molecule has 0 radical (unpaired) electrons. The molecule has 0 spiro atoms. The molecular weight excluding hydrogens is 512 g/mol. The Hall–Kier alpha value is -4.38. The van der Waals surface area contributed by atoms with Crippen LogP contribution < -0.4 is 20.9 Å². The Balaban J connectivity index is 1.28. The first-order valence-corrected chi connectivity index (χ1v) is 13.4. The number of anilines is 1. The third kappa shape index (κ3) is 7.82. The Bertz CT molecular complexity index is 1480. The minimum absolute atomic E-state index is 0.0285. The molecule has 4 rings (SSSR count). The van der Waals surface area contributed by atoms with E-state index in [2.05, 4.69) is 26.8 Å². The molecule has 0 atom stereocenters. The van der Waals surface area contributed by atoms with Crippen molar-refractivity contribution in [2.24, 2.45) is 0 Å². The molecule has 0 aliphatic heterocycles. The molecule has 4 N–H and O–H groups in total. The van der Waals surface area contributed by atoms with Crippen molar-refractivity contribution in [3.8, 4) is 11.8 Å². The van der Waals surface area contributed by atoms with Gasteiger partial charge in [-0.05, 0) is 48.7 Å². The van der Waals surface area contributed by atoms with Crippen LogP contribution in [0.15, 0.2) is 53.3 Å². The molecule has 0 fully saturated rings. The number of carboxylic acids is 1. The molecule has 0 unspecified atom stereocenters. The fourth-order valence-corrected chi connectivity index (χ4v) is 4.35. The summed E-state index contributed by atoms with van der Waals surface area (Å²) in [6, 6.07) is 15.4. The van der Waals surface area contributed by atoms with E-state index in [0.29, 0.717) is 30.9 Å². The van der Waals surface area contributed by atoms with Gasteiger partial charge < -0.3 is 30.2 Å². The second-order valence-corrected chi connectivity index (χ2v) is 9.78. The molecule has 0 amide bonds. The van der Waals surface area contributed by atoms with Crippen LogP contribution in [0, 0.1) is 0 Å². The van der Waals surface area contributed by atoms with E-state index in [1.54, 1.807) is 0 Å². The van der Waals surface area contributed by atoms with Crippen LogP contribution in [0.25, 0.3) is 11.2 Å². The molecule has 11 heteroatoms. The highest BCUT2D eigenvalue weighted by molar-refractivity contribution is 5.82. The number of benzene rings is 2. The Morgan fingerprint density at radius 1 is 1.05 bits per heavy atom. The van der Waals surface area contributed by atoms with Crippen molar-refractivity contribution in [3.63, 3.8) is 0 Å². The van der Waals surface area contributed by atoms with Crippen molar-refractivity contribution >= 4 is 23.0 Å². The number of hydrogen-bond donors (Lipinski definition) is 3. The van der Waals surface area contributed by atoms with Gasteiger partial charge >= 0.3 is 17.7 Å². The number of imidazole rings is 1. The number of nitrogen functional groups attached to an aromatic ring is 1. The average molecular weight is 549 g/mol. The summed E-state index contributed by atoms with van der Waals surface area (Å²) in [6.07, 6.45) is 2.72. The summed E-state index contributed by atoms with van der Waals surface area (Å²) < 4.78 is 13.0. The van der Waals surface area contributed by atoms with E-state index >= 15 is 0 Å². The number of nitrogens with two attached hydrogens (primary N) is 1. The van der Waals surface area contributed by atoms with Crippen molar-refractivity contribution < 1.29 is 19.4 Å². The number of carbonyl (C=O) groups is 1. The number of rotatable bonds is 15. The van der Waals surface area contributed by atoms with E-state index in [4.69, 9.17) is 20.3 Å². The summed E-state index contributed by atoms with van der Waals surface area (Å²) in [5, 5.41) is 9.00. The van der Waals surface area contributed by atoms with Gasteiger partial charge in [-0.3, -0.25) is 9.36 Å². The molecule has 2 aromatic carbocycles. The van der Waals surface area contributed by atoms with Crippen molar-refractivity contribution in [1.82, 2.24) is 24.4 Å². The van der Waals surface area contributed by atoms with Gasteiger partial charge in [0.2, 0.25) is 0 Å². The molecule has 0 saturated carbocycles. The van der Waals surface area contributed by atoms with Crippen LogP contribution in [0.5, 0.6) is 11.8 Å². The highest BCUT2D eigenvalue weighted by atomic mass is 16.5. The molecule has 212 valence electrons. The number of aromatic nitrogens is 4. The first-order valence-electron chi connectivity index (χ1n) is 13.4. The van der Waals surface area contributed by atoms with Crippen LogP contribution in [0.3, 0.4) is 0 Å². The molecule has 4 aromatic rings. The van der Waals surface area contributed by atoms with Crippen LogP contribution in [0.2, 0.25) is 0 Å². The lowest BCUT2D eigenvalue weighted by Gasteiger charge is -2.17. The number of fused-ring (bicyclic) bond motifs is 1. The van der Waals surface area contributed by atoms with E-state index in [0.717, 1.165) is 54.8 Å². The van der Waals surface area contributed by atoms with Crippen LogP contribution in [0.4, 0.5) is 5.82 Å². The Morgan fingerprint density at radius 2 is 1.80 bits per heavy atom. The van der Waals surface area contributed by atoms with Crippen LogP contribution in [0.1, 0.15) is 42.9 Å². The normalized spacial score (nSPS) is 11.3. The maximum Gasteiger partial charge on any atom is 0.328 e. The quantitative estimate of drug-likeness (QED) is 0.190. The topological polar surface area (TPSA) is 149 Å². The van der Waals surface area contributed by atoms with Gasteiger partial charge in [-0.15, -0.1) is 0 Å². The van der Waals surface area contributed by atoms with Gasteiger partial charge in [0.05, 0.1) is 26.2 Å². The zero-order valence-corrected chi connectivity index (χ0v) is 22.9. The number of nitrogens with zero attached hydrogens (tertiary/aromatic N) is 4. The number of aliphatic carboxylic acids is 1. The lowest BCUT2D eigenvalue weighted by atomic mass is 10.1. The summed E-state index contributed by atoms with van der Waals surface area (Å²) in [4.78, 5) is 37.1. The predicted octanol–water partition coefficient (Wildman–Crippen LogP) is 3.46. The summed E-state index contributed by atoms with van der Waals surface area (Å²) in [5.41, 5.74) is 9.32. The summed E-state index contributed by atoms with van der Waals surface area (Å²) >= 11 is 0. The summed E-state index contributed by atoms with van der Waals surface area (Å²) in [7, 11) is 2.03. The lowest BCUT2D eigenvalue weighted by Crippen LogP contribution is -2.21. The fraction of sp³-hybridized carbons (Fsp3) is 0.379. The van der Waals surface area contributed by atoms with E-state index in [-0.39, 0.29) is 23.9 Å². The lowest BCUT2D eigenvalue weighted by molar-refractivity contribution is -0.136. The van der Waals surface area contributed by atoms with E-state index in [9.17, 15) is 9.59 Å². The van der Waals surface area contributed by atoms with Gasteiger partial charge in [0.1, 0.15) is 11.3 Å². The maximum absolute atomic E-state index is 12.6. The average Bonchev–Trinajstić information content (AvgIpc) is 3.23. The Labute approximate surface area is 232 Å². The molecule has 2 aromatic heterocycles. The van der Waals surface area contributed by atoms with Gasteiger partial charge in [0.25, 0.3) is 0 Å². The van der Waals surface area contributed by atoms with Crippen LogP contribution in [-0.4, -0.2) is 62.3 Å². The van der Waals surface area contributed by atoms with Crippen LogP contribution >= 0.6 is 0 Å². The zero-order chi connectivity index (χ0) is 28.5. The second kappa shape index (κ2) is 13.6. The highest BCUT2D eigenvalue weighted by Crippen LogP contribution is 2.20. The molecule has 0 aliphatic carbocycles. The number of unbranched alkanes of at least 4 members (excludes halogenated alkanes) is 1. The Morgan fingerprint density at radius 3 is 2.55 bits per heavy atom. The second-order valence-electron chi connectivity index (χ2n) is 9.78. The first kappa shape index (κ1) is 28.6. The van der Waals surface area contributed by atoms with Gasteiger partial charge in [-0.2, -0.15) is 9.97 Å². The fourth-order valence-electron chi connectivity index (χ4n) is 4.35. The van der Waals surface area contributed by atoms with Gasteiger partial charge in [-0.25, -0.2) is 4.79 Å². The molecular formula is C29H36N6O5. The maximum atomic E-state index is 12.6. The van der Waals surface area contributed by atoms with E-state index in [1.807, 2.05) is 55.6 Å². The number of hydrogen-bond acceptors (Lipinski definition) is 8. The summed E-state index contributed by atoms with van der Waals surface area (Å²) in [5.74, 6) is 0.0924. The number of H-pyrrole nitrogens is 1. The first-order chi connectivity index (χ1) is 19.3. The number of aromatic amines is 1. The van der Waals surface area contributed by atoms with Gasteiger partial charge in [0, 0.05) is 13.1 Å². The van der Waals surface area contributed by atoms with Crippen molar-refractivity contribution in [1.29, 1.82) is 0 Å². The molecule has 2 heterocycles. The van der Waals surface area contributed by atoms with Crippen molar-refractivity contribution in [2.75, 3.05) is 32.5 Å². The van der Waals surface area contributed by atoms with Gasteiger partial charge in [0.15, 0.2) is 11.5 Å². The molecule has 0 bridgehead atoms. The summed E-state index contributed by atoms with van der Waals surface area (Å²) in [6.45, 7) is 4.98. The van der Waals surface area contributed by atoms with E-state index in [1.165, 1.54) is 4.57 Å². The third-order valence-electron chi connectivity index (χ3n) is 6.38. The smallest absolute Gasteiger partial charge is 0.328 e. The number of nitrogens with one attached hydrogen (secondary N) is 1. The van der Waals surface area contributed by atoms with Gasteiger partial charge in [-0.1, -0.05) is 49.7 Å². The zero-order valence-electron chi connectivity index (χ0n) is 22.9.